The predicted octanol–water partition coefficient (Wildman–Crippen LogP) is 4.57. The van der Waals surface area contributed by atoms with Crippen LogP contribution in [0.4, 0.5) is 4.79 Å². The van der Waals surface area contributed by atoms with Crippen LogP contribution < -0.4 is 5.32 Å². The summed E-state index contributed by atoms with van der Waals surface area (Å²) in [7, 11) is 1.80. The number of amides is 3. The maximum atomic E-state index is 13.8. The quantitative estimate of drug-likeness (QED) is 0.373. The molecule has 3 amide bonds. The monoisotopic (exact) mass is 597 g/mol. The van der Waals surface area contributed by atoms with E-state index in [4.69, 9.17) is 0 Å². The molecule has 2 saturated heterocycles. The van der Waals surface area contributed by atoms with E-state index in [0.29, 0.717) is 19.6 Å². The number of piperazine rings is 1. The number of hydrogen-bond acceptors (Lipinski definition) is 6. The van der Waals surface area contributed by atoms with Crippen molar-refractivity contribution in [1.82, 2.24) is 25.1 Å². The molecule has 43 heavy (non-hydrogen) atoms. The molecule has 224 valence electrons. The summed E-state index contributed by atoms with van der Waals surface area (Å²) in [6.07, 6.45) is 14.8. The summed E-state index contributed by atoms with van der Waals surface area (Å²) >= 11 is 1.75. The van der Waals surface area contributed by atoms with Crippen molar-refractivity contribution in [1.29, 1.82) is 0 Å². The van der Waals surface area contributed by atoms with Crippen LogP contribution in [0.15, 0.2) is 108 Å². The average molecular weight is 598 g/mol. The van der Waals surface area contributed by atoms with Crippen molar-refractivity contribution >= 4 is 30.0 Å². The number of likely N-dealkylation sites (N-methyl/N-ethyl adjacent to an activating group) is 1. The minimum atomic E-state index is -0.497. The van der Waals surface area contributed by atoms with Crippen molar-refractivity contribution in [2.75, 3.05) is 38.7 Å². The van der Waals surface area contributed by atoms with E-state index in [-0.39, 0.29) is 30.4 Å². The minimum Gasteiger partial charge on any atom is -0.368 e. The predicted molar refractivity (Wildman–Crippen MR) is 172 cm³/mol. The molecule has 1 unspecified atom stereocenters. The van der Waals surface area contributed by atoms with Gasteiger partial charge in [0.1, 0.15) is 12.5 Å². The van der Waals surface area contributed by atoms with Crippen LogP contribution in [-0.4, -0.2) is 88.9 Å². The molecule has 0 saturated carbocycles. The van der Waals surface area contributed by atoms with Gasteiger partial charge in [-0.05, 0) is 47.3 Å². The molecule has 5 rings (SSSR count). The fraction of sp³-hybridized carbons (Fsp3) is 0.324. The third kappa shape index (κ3) is 6.95. The summed E-state index contributed by atoms with van der Waals surface area (Å²) in [4.78, 5) is 43.5. The molecule has 1 N–H and O–H groups in total. The van der Waals surface area contributed by atoms with E-state index >= 15 is 0 Å². The van der Waals surface area contributed by atoms with Crippen LogP contribution in [0.5, 0.6) is 0 Å². The van der Waals surface area contributed by atoms with Gasteiger partial charge in [0.25, 0.3) is 0 Å². The molecule has 3 atom stereocenters. The van der Waals surface area contributed by atoms with Gasteiger partial charge in [-0.3, -0.25) is 9.59 Å². The number of hydrogen-bond donors (Lipinski definition) is 1. The Morgan fingerprint density at radius 1 is 1.02 bits per heavy atom. The second kappa shape index (κ2) is 14.4. The number of urea groups is 1. The SMILES string of the molecule is CSCC[C@H]1\C2=C/C=C\C=C/C(=C\C=O)C(c3ccccc3)CN2C[C@H]2N1C(=O)CN(C)N2C(=O)NCc1ccccc1. The summed E-state index contributed by atoms with van der Waals surface area (Å²) in [6.45, 7) is 1.54. The Hall–Kier alpha value is -4.08. The Labute approximate surface area is 258 Å². The smallest absolute Gasteiger partial charge is 0.334 e. The number of benzene rings is 2. The Balaban J connectivity index is 1.54. The van der Waals surface area contributed by atoms with Crippen LogP contribution in [0.3, 0.4) is 0 Å². The highest BCUT2D eigenvalue weighted by Crippen LogP contribution is 2.36. The standard InChI is InChI=1S/C34H39N5O3S/c1-36-25-33(41)38-31(19-21-43-2)30-17-11-5-10-16-28(18-20-40)29(27-14-8-4-9-15-27)23-37(30)24-32(38)39(36)34(42)35-22-26-12-6-3-7-13-26/h3-18,20,29,31-32H,19,21-25H2,1-2H3,(H,35,42)/b11-5-,16-10-,28-18+,30-17+/t29?,31-,32-/m0/s1. The van der Waals surface area contributed by atoms with Gasteiger partial charge >= 0.3 is 6.03 Å². The molecule has 3 heterocycles. The third-order valence-electron chi connectivity index (χ3n) is 8.19. The van der Waals surface area contributed by atoms with Crippen LogP contribution in [0.1, 0.15) is 23.5 Å². The molecule has 0 aromatic heterocycles. The van der Waals surface area contributed by atoms with Crippen LogP contribution in [0.2, 0.25) is 0 Å². The van der Waals surface area contributed by atoms with Crippen LogP contribution in [-0.2, 0) is 16.1 Å². The molecule has 3 aliphatic heterocycles. The van der Waals surface area contributed by atoms with E-state index in [0.717, 1.165) is 40.9 Å². The molecular formula is C34H39N5O3S. The summed E-state index contributed by atoms with van der Waals surface area (Å²) < 4.78 is 0. The number of nitrogens with one attached hydrogen (secondary N) is 1. The lowest BCUT2D eigenvalue weighted by atomic mass is 9.88. The number of thioether (sulfide) groups is 1. The molecular weight excluding hydrogens is 558 g/mol. The first-order chi connectivity index (χ1) is 21.0. The zero-order chi connectivity index (χ0) is 30.2. The highest BCUT2D eigenvalue weighted by atomic mass is 32.2. The number of carbonyl (C=O) groups is 3. The number of aldehydes is 1. The van der Waals surface area contributed by atoms with Crippen molar-refractivity contribution in [2.45, 2.75) is 31.1 Å². The van der Waals surface area contributed by atoms with Gasteiger partial charge in [-0.15, -0.1) is 0 Å². The normalized spacial score (nSPS) is 26.1. The number of fused-ring (bicyclic) bond motifs is 2. The van der Waals surface area contributed by atoms with Crippen LogP contribution >= 0.6 is 11.8 Å². The fourth-order valence-electron chi connectivity index (χ4n) is 6.19. The lowest BCUT2D eigenvalue weighted by Gasteiger charge is -2.56. The van der Waals surface area contributed by atoms with Gasteiger partial charge in [0.2, 0.25) is 5.91 Å². The number of rotatable bonds is 7. The average Bonchev–Trinajstić information content (AvgIpc) is 3.02. The topological polar surface area (TPSA) is 76.2 Å². The molecule has 0 aliphatic carbocycles. The molecule has 2 aromatic rings. The van der Waals surface area contributed by atoms with Crippen molar-refractivity contribution in [2.24, 2.45) is 0 Å². The first-order valence-electron chi connectivity index (χ1n) is 14.6. The van der Waals surface area contributed by atoms with Gasteiger partial charge in [0.15, 0.2) is 0 Å². The molecule has 2 aromatic carbocycles. The lowest BCUT2D eigenvalue weighted by Crippen LogP contribution is -2.74. The Morgan fingerprint density at radius 3 is 2.49 bits per heavy atom. The maximum Gasteiger partial charge on any atom is 0.334 e. The van der Waals surface area contributed by atoms with Gasteiger partial charge in [0, 0.05) is 31.8 Å². The molecule has 0 spiro atoms. The van der Waals surface area contributed by atoms with Crippen molar-refractivity contribution in [3.05, 3.63) is 120 Å². The largest absolute Gasteiger partial charge is 0.368 e. The zero-order valence-electron chi connectivity index (χ0n) is 24.7. The molecule has 0 radical (unpaired) electrons. The number of nitrogens with zero attached hydrogens (tertiary/aromatic N) is 4. The Morgan fingerprint density at radius 2 is 1.77 bits per heavy atom. The van der Waals surface area contributed by atoms with Crippen LogP contribution in [0.25, 0.3) is 0 Å². The molecule has 0 bridgehead atoms. The molecule has 2 fully saturated rings. The molecule has 9 heteroatoms. The highest BCUT2D eigenvalue weighted by Gasteiger charge is 2.49. The molecule has 3 aliphatic rings. The van der Waals surface area contributed by atoms with Gasteiger partial charge in [0.05, 0.1) is 19.1 Å². The Kier molecular flexibility index (Phi) is 10.2. The van der Waals surface area contributed by atoms with Gasteiger partial charge in [-0.2, -0.15) is 11.8 Å². The van der Waals surface area contributed by atoms with E-state index in [1.54, 1.807) is 34.9 Å². The Bertz CT molecular complexity index is 1410. The van der Waals surface area contributed by atoms with Crippen molar-refractivity contribution in [3.8, 4) is 0 Å². The lowest BCUT2D eigenvalue weighted by molar-refractivity contribution is -0.175. The molecule has 8 nitrogen and oxygen atoms in total. The number of allylic oxidation sites excluding steroid dienone is 6. The van der Waals surface area contributed by atoms with E-state index in [1.807, 2.05) is 77.7 Å². The van der Waals surface area contributed by atoms with Crippen molar-refractivity contribution in [3.63, 3.8) is 0 Å². The second-order valence-electron chi connectivity index (χ2n) is 10.9. The van der Waals surface area contributed by atoms with Crippen LogP contribution in [0, 0.1) is 0 Å². The first kappa shape index (κ1) is 30.4. The maximum absolute atomic E-state index is 13.8. The summed E-state index contributed by atoms with van der Waals surface area (Å²) in [5, 5.41) is 6.52. The third-order valence-corrected chi connectivity index (χ3v) is 8.83. The highest BCUT2D eigenvalue weighted by molar-refractivity contribution is 7.98. The summed E-state index contributed by atoms with van der Waals surface area (Å²) in [6, 6.07) is 19.6. The second-order valence-corrected chi connectivity index (χ2v) is 11.9. The van der Waals surface area contributed by atoms with E-state index in [1.165, 1.54) is 0 Å². The van der Waals surface area contributed by atoms with Crippen molar-refractivity contribution < 1.29 is 14.4 Å². The van der Waals surface area contributed by atoms with E-state index in [9.17, 15) is 14.4 Å². The minimum absolute atomic E-state index is 0.00776. The summed E-state index contributed by atoms with van der Waals surface area (Å²) in [5.41, 5.74) is 4.06. The van der Waals surface area contributed by atoms with E-state index in [2.05, 4.69) is 34.7 Å². The van der Waals surface area contributed by atoms with Gasteiger partial charge in [-0.1, -0.05) is 85.0 Å². The first-order valence-corrected chi connectivity index (χ1v) is 16.0. The van der Waals surface area contributed by atoms with Gasteiger partial charge in [-0.25, -0.2) is 14.8 Å². The number of hydrazine groups is 1. The van der Waals surface area contributed by atoms with Gasteiger partial charge < -0.3 is 15.1 Å². The van der Waals surface area contributed by atoms with E-state index < -0.39 is 6.17 Å². The fourth-order valence-corrected chi connectivity index (χ4v) is 6.64. The summed E-state index contributed by atoms with van der Waals surface area (Å²) in [5.74, 6) is 0.779. The zero-order valence-corrected chi connectivity index (χ0v) is 25.5. The number of carbonyl (C=O) groups excluding carboxylic acids is 3.